The average Bonchev–Trinajstić information content (AvgIpc) is 3.03. The fraction of sp³-hybridized carbons (Fsp3) is 0.909. The zero-order valence-electron chi connectivity index (χ0n) is 9.55. The summed E-state index contributed by atoms with van der Waals surface area (Å²) in [7, 11) is 0. The van der Waals surface area contributed by atoms with Gasteiger partial charge in [-0.15, -0.1) is 0 Å². The predicted octanol–water partition coefficient (Wildman–Crippen LogP) is 0.658. The number of nitrogens with two attached hydrogens (primary N) is 1. The molecule has 15 heavy (non-hydrogen) atoms. The molecule has 0 saturated heterocycles. The monoisotopic (exact) mass is 214 g/mol. The first-order chi connectivity index (χ1) is 7.25. The molecule has 0 spiro atoms. The van der Waals surface area contributed by atoms with Crippen molar-refractivity contribution in [2.75, 3.05) is 26.3 Å². The minimum absolute atomic E-state index is 0.125. The van der Waals surface area contributed by atoms with Crippen molar-refractivity contribution in [1.29, 1.82) is 0 Å². The number of amides is 1. The fourth-order valence-electron chi connectivity index (χ4n) is 1.48. The molecule has 1 aliphatic carbocycles. The zero-order chi connectivity index (χ0) is 11.1. The lowest BCUT2D eigenvalue weighted by Gasteiger charge is -2.12. The van der Waals surface area contributed by atoms with Crippen LogP contribution in [0.2, 0.25) is 0 Å². The Morgan fingerprint density at radius 2 is 2.20 bits per heavy atom. The van der Waals surface area contributed by atoms with Crippen LogP contribution in [0.15, 0.2) is 0 Å². The van der Waals surface area contributed by atoms with Crippen LogP contribution in [-0.2, 0) is 9.53 Å². The molecular weight excluding hydrogens is 192 g/mol. The van der Waals surface area contributed by atoms with Gasteiger partial charge in [-0.2, -0.15) is 0 Å². The molecular formula is C11H22N2O2. The van der Waals surface area contributed by atoms with Gasteiger partial charge in [0.2, 0.25) is 5.91 Å². The van der Waals surface area contributed by atoms with Crippen molar-refractivity contribution in [2.45, 2.75) is 32.6 Å². The van der Waals surface area contributed by atoms with Crippen LogP contribution in [0.3, 0.4) is 0 Å². The molecule has 1 aliphatic rings. The lowest BCUT2D eigenvalue weighted by atomic mass is 10.1. The summed E-state index contributed by atoms with van der Waals surface area (Å²) in [6.45, 7) is 4.79. The molecule has 4 heteroatoms. The highest BCUT2D eigenvalue weighted by Gasteiger charge is 2.48. The van der Waals surface area contributed by atoms with Crippen LogP contribution in [0.5, 0.6) is 0 Å². The topological polar surface area (TPSA) is 64.3 Å². The Labute approximate surface area is 91.5 Å². The van der Waals surface area contributed by atoms with Gasteiger partial charge in [-0.3, -0.25) is 4.79 Å². The van der Waals surface area contributed by atoms with Crippen LogP contribution >= 0.6 is 0 Å². The van der Waals surface area contributed by atoms with Gasteiger partial charge in [0.1, 0.15) is 0 Å². The molecule has 0 aromatic heterocycles. The normalized spacial score (nSPS) is 17.5. The summed E-state index contributed by atoms with van der Waals surface area (Å²) in [5, 5.41) is 2.91. The second-order valence-corrected chi connectivity index (χ2v) is 4.21. The van der Waals surface area contributed by atoms with Crippen molar-refractivity contribution in [2.24, 2.45) is 11.1 Å². The maximum atomic E-state index is 11.6. The van der Waals surface area contributed by atoms with Crippen LogP contribution in [0, 0.1) is 5.41 Å². The zero-order valence-corrected chi connectivity index (χ0v) is 9.55. The smallest absolute Gasteiger partial charge is 0.227 e. The Balaban J connectivity index is 1.98. The highest BCUT2D eigenvalue weighted by molar-refractivity contribution is 5.85. The van der Waals surface area contributed by atoms with E-state index >= 15 is 0 Å². The number of carbonyl (C=O) groups is 1. The SMILES string of the molecule is CCCOCCCNC(=O)C1(CN)CC1. The molecule has 1 fully saturated rings. The molecule has 88 valence electrons. The first kappa shape index (κ1) is 12.5. The van der Waals surface area contributed by atoms with Crippen molar-refractivity contribution in [3.8, 4) is 0 Å². The average molecular weight is 214 g/mol. The quantitative estimate of drug-likeness (QED) is 0.583. The Hall–Kier alpha value is -0.610. The third-order valence-corrected chi connectivity index (χ3v) is 2.83. The van der Waals surface area contributed by atoms with E-state index in [9.17, 15) is 4.79 Å². The first-order valence-electron chi connectivity index (χ1n) is 5.81. The van der Waals surface area contributed by atoms with Crippen LogP contribution in [-0.4, -0.2) is 32.2 Å². The Bertz CT molecular complexity index is 203. The molecule has 3 N–H and O–H groups in total. The van der Waals surface area contributed by atoms with Crippen molar-refractivity contribution in [1.82, 2.24) is 5.32 Å². The number of ether oxygens (including phenoxy) is 1. The van der Waals surface area contributed by atoms with E-state index in [1.165, 1.54) is 0 Å². The van der Waals surface area contributed by atoms with E-state index in [1.807, 2.05) is 0 Å². The standard InChI is InChI=1S/C11H22N2O2/c1-2-7-15-8-3-6-13-10(14)11(9-12)4-5-11/h2-9,12H2,1H3,(H,13,14). The fourth-order valence-corrected chi connectivity index (χ4v) is 1.48. The Morgan fingerprint density at radius 1 is 1.47 bits per heavy atom. The number of carbonyl (C=O) groups excluding carboxylic acids is 1. The minimum Gasteiger partial charge on any atom is -0.381 e. The first-order valence-corrected chi connectivity index (χ1v) is 5.81. The highest BCUT2D eigenvalue weighted by atomic mass is 16.5. The van der Waals surface area contributed by atoms with Crippen molar-refractivity contribution in [3.05, 3.63) is 0 Å². The highest BCUT2D eigenvalue weighted by Crippen LogP contribution is 2.44. The van der Waals surface area contributed by atoms with E-state index in [0.717, 1.165) is 38.9 Å². The van der Waals surface area contributed by atoms with Crippen LogP contribution in [0.25, 0.3) is 0 Å². The molecule has 1 rings (SSSR count). The summed E-state index contributed by atoms with van der Waals surface area (Å²) in [5.41, 5.74) is 5.34. The molecule has 0 radical (unpaired) electrons. The van der Waals surface area contributed by atoms with Crippen molar-refractivity contribution < 1.29 is 9.53 Å². The summed E-state index contributed by atoms with van der Waals surface area (Å²) >= 11 is 0. The summed E-state index contributed by atoms with van der Waals surface area (Å²) in [5.74, 6) is 0.125. The molecule has 0 aromatic rings. The van der Waals surface area contributed by atoms with E-state index in [0.29, 0.717) is 13.1 Å². The number of hydrogen-bond donors (Lipinski definition) is 2. The molecule has 1 amide bonds. The van der Waals surface area contributed by atoms with E-state index in [1.54, 1.807) is 0 Å². The van der Waals surface area contributed by atoms with Gasteiger partial charge < -0.3 is 15.8 Å². The van der Waals surface area contributed by atoms with E-state index in [2.05, 4.69) is 12.2 Å². The summed E-state index contributed by atoms with van der Waals surface area (Å²) in [6, 6.07) is 0. The molecule has 1 saturated carbocycles. The molecule has 0 unspecified atom stereocenters. The Morgan fingerprint density at radius 3 is 2.73 bits per heavy atom. The van der Waals surface area contributed by atoms with E-state index < -0.39 is 0 Å². The summed E-state index contributed by atoms with van der Waals surface area (Å²) in [6.07, 6.45) is 3.82. The second kappa shape index (κ2) is 6.08. The lowest BCUT2D eigenvalue weighted by Crippen LogP contribution is -2.37. The second-order valence-electron chi connectivity index (χ2n) is 4.21. The van der Waals surface area contributed by atoms with Gasteiger partial charge in [0, 0.05) is 26.3 Å². The van der Waals surface area contributed by atoms with E-state index in [-0.39, 0.29) is 11.3 Å². The van der Waals surface area contributed by atoms with Crippen molar-refractivity contribution >= 4 is 5.91 Å². The summed E-state index contributed by atoms with van der Waals surface area (Å²) < 4.78 is 5.32. The minimum atomic E-state index is -0.218. The number of rotatable bonds is 8. The van der Waals surface area contributed by atoms with Gasteiger partial charge in [-0.25, -0.2) is 0 Å². The Kier molecular flexibility index (Phi) is 5.05. The molecule has 4 nitrogen and oxygen atoms in total. The largest absolute Gasteiger partial charge is 0.381 e. The van der Waals surface area contributed by atoms with Gasteiger partial charge >= 0.3 is 0 Å². The molecule has 0 bridgehead atoms. The maximum Gasteiger partial charge on any atom is 0.227 e. The van der Waals surface area contributed by atoms with E-state index in [4.69, 9.17) is 10.5 Å². The molecule has 0 atom stereocenters. The third kappa shape index (κ3) is 3.80. The van der Waals surface area contributed by atoms with Gasteiger partial charge in [0.05, 0.1) is 5.41 Å². The van der Waals surface area contributed by atoms with Crippen LogP contribution in [0.1, 0.15) is 32.6 Å². The number of hydrogen-bond acceptors (Lipinski definition) is 3. The molecule has 0 aliphatic heterocycles. The van der Waals surface area contributed by atoms with Gasteiger partial charge in [0.15, 0.2) is 0 Å². The van der Waals surface area contributed by atoms with Crippen LogP contribution < -0.4 is 11.1 Å². The van der Waals surface area contributed by atoms with Gasteiger partial charge in [-0.05, 0) is 25.7 Å². The van der Waals surface area contributed by atoms with Gasteiger partial charge in [-0.1, -0.05) is 6.92 Å². The number of nitrogens with one attached hydrogen (secondary N) is 1. The molecule has 0 heterocycles. The summed E-state index contributed by atoms with van der Waals surface area (Å²) in [4.78, 5) is 11.6. The lowest BCUT2D eigenvalue weighted by molar-refractivity contribution is -0.126. The predicted molar refractivity (Wildman–Crippen MR) is 59.5 cm³/mol. The molecule has 0 aromatic carbocycles. The maximum absolute atomic E-state index is 11.6. The third-order valence-electron chi connectivity index (χ3n) is 2.83. The van der Waals surface area contributed by atoms with Crippen LogP contribution in [0.4, 0.5) is 0 Å². The van der Waals surface area contributed by atoms with Crippen molar-refractivity contribution in [3.63, 3.8) is 0 Å². The van der Waals surface area contributed by atoms with Gasteiger partial charge in [0.25, 0.3) is 0 Å².